The van der Waals surface area contributed by atoms with Crippen molar-refractivity contribution in [3.05, 3.63) is 12.2 Å². The SMILES string of the molecule is NC(/C=C/C1CCNCC1)C(=O)O. The minimum atomic E-state index is -0.967. The number of carboxylic acid groups (broad SMARTS) is 1. The summed E-state index contributed by atoms with van der Waals surface area (Å²) in [6.45, 7) is 2.02. The van der Waals surface area contributed by atoms with E-state index in [0.29, 0.717) is 5.92 Å². The largest absolute Gasteiger partial charge is 0.480 e. The van der Waals surface area contributed by atoms with Gasteiger partial charge >= 0.3 is 5.97 Å². The maximum atomic E-state index is 10.4. The van der Waals surface area contributed by atoms with Crippen molar-refractivity contribution in [1.29, 1.82) is 0 Å². The van der Waals surface area contributed by atoms with Gasteiger partial charge in [-0.05, 0) is 31.8 Å². The van der Waals surface area contributed by atoms with Gasteiger partial charge in [0.1, 0.15) is 6.04 Å². The van der Waals surface area contributed by atoms with Crippen LogP contribution in [0, 0.1) is 5.92 Å². The molecule has 1 heterocycles. The van der Waals surface area contributed by atoms with Crippen LogP contribution in [-0.4, -0.2) is 30.2 Å². The van der Waals surface area contributed by atoms with Crippen LogP contribution in [-0.2, 0) is 4.79 Å². The molecule has 4 heteroatoms. The Balaban J connectivity index is 2.33. The molecule has 0 aliphatic carbocycles. The molecule has 0 spiro atoms. The quantitative estimate of drug-likeness (QED) is 0.538. The van der Waals surface area contributed by atoms with Gasteiger partial charge in [-0.3, -0.25) is 4.79 Å². The Morgan fingerprint density at radius 1 is 1.54 bits per heavy atom. The molecule has 0 saturated carbocycles. The van der Waals surface area contributed by atoms with Crippen LogP contribution < -0.4 is 11.1 Å². The zero-order chi connectivity index (χ0) is 9.68. The molecule has 4 nitrogen and oxygen atoms in total. The van der Waals surface area contributed by atoms with E-state index in [1.807, 2.05) is 6.08 Å². The fraction of sp³-hybridized carbons (Fsp3) is 0.667. The zero-order valence-corrected chi connectivity index (χ0v) is 7.57. The molecule has 1 fully saturated rings. The number of hydrogen-bond donors (Lipinski definition) is 3. The van der Waals surface area contributed by atoms with E-state index >= 15 is 0 Å². The third kappa shape index (κ3) is 3.57. The second-order valence-corrected chi connectivity index (χ2v) is 3.34. The van der Waals surface area contributed by atoms with E-state index in [0.717, 1.165) is 25.9 Å². The van der Waals surface area contributed by atoms with E-state index in [2.05, 4.69) is 5.32 Å². The van der Waals surface area contributed by atoms with Crippen molar-refractivity contribution in [2.45, 2.75) is 18.9 Å². The smallest absolute Gasteiger partial charge is 0.324 e. The molecule has 4 N–H and O–H groups in total. The van der Waals surface area contributed by atoms with Crippen LogP contribution in [0.3, 0.4) is 0 Å². The average Bonchev–Trinajstić information content (AvgIpc) is 2.15. The molecule has 13 heavy (non-hydrogen) atoms. The minimum absolute atomic E-state index is 0.492. The van der Waals surface area contributed by atoms with Gasteiger partial charge in [0.2, 0.25) is 0 Å². The first-order chi connectivity index (χ1) is 6.20. The van der Waals surface area contributed by atoms with E-state index in [1.54, 1.807) is 6.08 Å². The topological polar surface area (TPSA) is 75.3 Å². The van der Waals surface area contributed by atoms with Crippen molar-refractivity contribution < 1.29 is 9.90 Å². The van der Waals surface area contributed by atoms with Crippen LogP contribution in [0.4, 0.5) is 0 Å². The lowest BCUT2D eigenvalue weighted by molar-refractivity contribution is -0.137. The molecule has 1 aliphatic rings. The zero-order valence-electron chi connectivity index (χ0n) is 7.57. The number of carboxylic acids is 1. The highest BCUT2D eigenvalue weighted by atomic mass is 16.4. The number of aliphatic carboxylic acids is 1. The van der Waals surface area contributed by atoms with E-state index < -0.39 is 12.0 Å². The Morgan fingerprint density at radius 2 is 2.15 bits per heavy atom. The molecule has 1 aliphatic heterocycles. The lowest BCUT2D eigenvalue weighted by Crippen LogP contribution is -2.29. The molecule has 0 amide bonds. The number of piperidine rings is 1. The first-order valence-corrected chi connectivity index (χ1v) is 4.57. The first kappa shape index (κ1) is 10.2. The third-order valence-corrected chi connectivity index (χ3v) is 2.26. The first-order valence-electron chi connectivity index (χ1n) is 4.57. The number of nitrogens with two attached hydrogens (primary N) is 1. The summed E-state index contributed by atoms with van der Waals surface area (Å²) >= 11 is 0. The van der Waals surface area contributed by atoms with Crippen molar-refractivity contribution in [2.24, 2.45) is 11.7 Å². The van der Waals surface area contributed by atoms with E-state index in [-0.39, 0.29) is 0 Å². The monoisotopic (exact) mass is 184 g/mol. The van der Waals surface area contributed by atoms with Crippen molar-refractivity contribution in [3.8, 4) is 0 Å². The maximum absolute atomic E-state index is 10.4. The lowest BCUT2D eigenvalue weighted by Gasteiger charge is -2.19. The fourth-order valence-electron chi connectivity index (χ4n) is 1.40. The van der Waals surface area contributed by atoms with Gasteiger partial charge in [-0.15, -0.1) is 0 Å². The highest BCUT2D eigenvalue weighted by Gasteiger charge is 2.11. The molecular formula is C9H16N2O2. The number of hydrogen-bond acceptors (Lipinski definition) is 3. The Morgan fingerprint density at radius 3 is 2.69 bits per heavy atom. The van der Waals surface area contributed by atoms with E-state index in [4.69, 9.17) is 10.8 Å². The predicted molar refractivity (Wildman–Crippen MR) is 50.3 cm³/mol. The molecule has 1 unspecified atom stereocenters. The van der Waals surface area contributed by atoms with Crippen molar-refractivity contribution in [3.63, 3.8) is 0 Å². The number of carbonyl (C=O) groups is 1. The second-order valence-electron chi connectivity index (χ2n) is 3.34. The normalized spacial score (nSPS) is 21.9. The number of nitrogens with one attached hydrogen (secondary N) is 1. The van der Waals surface area contributed by atoms with Gasteiger partial charge in [0.05, 0.1) is 0 Å². The van der Waals surface area contributed by atoms with Crippen LogP contribution in [0.1, 0.15) is 12.8 Å². The van der Waals surface area contributed by atoms with Crippen molar-refractivity contribution >= 4 is 5.97 Å². The summed E-state index contributed by atoms with van der Waals surface area (Å²) < 4.78 is 0. The summed E-state index contributed by atoms with van der Waals surface area (Å²) in [7, 11) is 0. The Kier molecular flexibility index (Phi) is 3.92. The van der Waals surface area contributed by atoms with E-state index in [1.165, 1.54) is 0 Å². The van der Waals surface area contributed by atoms with Gasteiger partial charge in [-0.2, -0.15) is 0 Å². The number of rotatable bonds is 3. The summed E-state index contributed by atoms with van der Waals surface area (Å²) in [4.78, 5) is 10.4. The van der Waals surface area contributed by atoms with Crippen LogP contribution in [0.15, 0.2) is 12.2 Å². The fourth-order valence-corrected chi connectivity index (χ4v) is 1.40. The lowest BCUT2D eigenvalue weighted by atomic mass is 9.97. The Bertz CT molecular complexity index is 198. The molecule has 0 aromatic heterocycles. The van der Waals surface area contributed by atoms with Gasteiger partial charge in [0.25, 0.3) is 0 Å². The molecular weight excluding hydrogens is 168 g/mol. The van der Waals surface area contributed by atoms with E-state index in [9.17, 15) is 4.79 Å². The minimum Gasteiger partial charge on any atom is -0.480 e. The van der Waals surface area contributed by atoms with Crippen LogP contribution in [0.5, 0.6) is 0 Å². The second kappa shape index (κ2) is 4.99. The van der Waals surface area contributed by atoms with Gasteiger partial charge in [0, 0.05) is 0 Å². The van der Waals surface area contributed by atoms with Crippen molar-refractivity contribution in [2.75, 3.05) is 13.1 Å². The molecule has 1 rings (SSSR count). The molecule has 0 radical (unpaired) electrons. The standard InChI is InChI=1S/C9H16N2O2/c10-8(9(12)13)2-1-7-3-5-11-6-4-7/h1-2,7-8,11H,3-6,10H2,(H,12,13)/b2-1+. The van der Waals surface area contributed by atoms with Gasteiger partial charge < -0.3 is 16.2 Å². The van der Waals surface area contributed by atoms with Gasteiger partial charge in [-0.25, -0.2) is 0 Å². The van der Waals surface area contributed by atoms with Gasteiger partial charge in [-0.1, -0.05) is 12.2 Å². The summed E-state index contributed by atoms with van der Waals surface area (Å²) in [6, 6.07) is -0.852. The van der Waals surface area contributed by atoms with Crippen LogP contribution in [0.25, 0.3) is 0 Å². The predicted octanol–water partition coefficient (Wildman–Crippen LogP) is -0.0459. The average molecular weight is 184 g/mol. The summed E-state index contributed by atoms with van der Waals surface area (Å²) in [5.74, 6) is -0.475. The maximum Gasteiger partial charge on any atom is 0.324 e. The summed E-state index contributed by atoms with van der Waals surface area (Å²) in [5.41, 5.74) is 5.33. The molecule has 1 saturated heterocycles. The highest BCUT2D eigenvalue weighted by Crippen LogP contribution is 2.12. The van der Waals surface area contributed by atoms with Gasteiger partial charge in [0.15, 0.2) is 0 Å². The van der Waals surface area contributed by atoms with Crippen molar-refractivity contribution in [1.82, 2.24) is 5.32 Å². The molecule has 74 valence electrons. The van der Waals surface area contributed by atoms with Crippen LogP contribution >= 0.6 is 0 Å². The third-order valence-electron chi connectivity index (χ3n) is 2.26. The molecule has 0 bridgehead atoms. The Hall–Kier alpha value is -0.870. The highest BCUT2D eigenvalue weighted by molar-refractivity contribution is 5.75. The summed E-state index contributed by atoms with van der Waals surface area (Å²) in [6.07, 6.45) is 5.66. The summed E-state index contributed by atoms with van der Waals surface area (Å²) in [5, 5.41) is 11.8. The van der Waals surface area contributed by atoms with Crippen LogP contribution in [0.2, 0.25) is 0 Å². The molecule has 0 aromatic carbocycles. The molecule has 1 atom stereocenters. The molecule has 0 aromatic rings. The number of allylic oxidation sites excluding steroid dienone is 1. The Labute approximate surface area is 77.8 Å².